The predicted molar refractivity (Wildman–Crippen MR) is 76.3 cm³/mol. The SMILES string of the molecule is COc1ccc(/C=N\n2c(=O)cn[nH]c2=S)c(Cl)c1O. The highest BCUT2D eigenvalue weighted by atomic mass is 35.5. The molecule has 0 aliphatic rings. The number of ether oxygens (including phenoxy) is 1. The Bertz CT molecular complexity index is 756. The fourth-order valence-electron chi connectivity index (χ4n) is 1.40. The number of H-pyrrole nitrogens is 1. The van der Waals surface area contributed by atoms with Gasteiger partial charge in [-0.15, -0.1) is 0 Å². The van der Waals surface area contributed by atoms with E-state index < -0.39 is 5.56 Å². The molecule has 104 valence electrons. The summed E-state index contributed by atoms with van der Waals surface area (Å²) in [6.07, 6.45) is 2.34. The summed E-state index contributed by atoms with van der Waals surface area (Å²) in [6, 6.07) is 3.11. The number of aromatic hydroxyl groups is 1. The summed E-state index contributed by atoms with van der Waals surface area (Å²) in [5, 5.41) is 19.7. The van der Waals surface area contributed by atoms with Gasteiger partial charge in [0.05, 0.1) is 18.3 Å². The van der Waals surface area contributed by atoms with Crippen molar-refractivity contribution in [1.82, 2.24) is 14.9 Å². The Morgan fingerprint density at radius 3 is 3.00 bits per heavy atom. The molecule has 2 N–H and O–H groups in total. The van der Waals surface area contributed by atoms with Crippen molar-refractivity contribution in [1.29, 1.82) is 0 Å². The molecule has 0 saturated heterocycles. The molecule has 0 spiro atoms. The van der Waals surface area contributed by atoms with Crippen molar-refractivity contribution in [2.24, 2.45) is 5.10 Å². The topological polar surface area (TPSA) is 92.5 Å². The number of aromatic amines is 1. The summed E-state index contributed by atoms with van der Waals surface area (Å²) in [5.74, 6) is 0.0378. The van der Waals surface area contributed by atoms with Gasteiger partial charge in [-0.25, -0.2) is 0 Å². The van der Waals surface area contributed by atoms with Crippen LogP contribution in [0.15, 0.2) is 28.2 Å². The number of nitrogens with one attached hydrogen (secondary N) is 1. The lowest BCUT2D eigenvalue weighted by Gasteiger charge is -2.06. The van der Waals surface area contributed by atoms with Crippen molar-refractivity contribution < 1.29 is 9.84 Å². The lowest BCUT2D eigenvalue weighted by Crippen LogP contribution is -2.18. The first-order valence-electron chi connectivity index (χ1n) is 5.31. The molecule has 0 unspecified atom stereocenters. The zero-order valence-electron chi connectivity index (χ0n) is 10.2. The van der Waals surface area contributed by atoms with Gasteiger partial charge < -0.3 is 9.84 Å². The van der Waals surface area contributed by atoms with Gasteiger partial charge in [0.1, 0.15) is 6.20 Å². The van der Waals surface area contributed by atoms with Crippen LogP contribution in [0.4, 0.5) is 0 Å². The molecule has 0 fully saturated rings. The average Bonchev–Trinajstić information content (AvgIpc) is 2.43. The Labute approximate surface area is 123 Å². The molecule has 0 radical (unpaired) electrons. The first-order valence-corrected chi connectivity index (χ1v) is 6.09. The van der Waals surface area contributed by atoms with E-state index in [1.54, 1.807) is 6.07 Å². The number of benzene rings is 1. The maximum atomic E-state index is 11.5. The summed E-state index contributed by atoms with van der Waals surface area (Å²) in [5.41, 5.74) is -0.0815. The molecule has 0 bridgehead atoms. The summed E-state index contributed by atoms with van der Waals surface area (Å²) in [7, 11) is 1.41. The van der Waals surface area contributed by atoms with Crippen molar-refractivity contribution in [2.75, 3.05) is 7.11 Å². The van der Waals surface area contributed by atoms with Gasteiger partial charge in [0.2, 0.25) is 4.77 Å². The van der Waals surface area contributed by atoms with Crippen LogP contribution >= 0.6 is 23.8 Å². The minimum Gasteiger partial charge on any atom is -0.503 e. The molecule has 1 aromatic carbocycles. The maximum Gasteiger partial charge on any atom is 0.293 e. The monoisotopic (exact) mass is 312 g/mol. The highest BCUT2D eigenvalue weighted by Gasteiger charge is 2.09. The van der Waals surface area contributed by atoms with Gasteiger partial charge in [-0.2, -0.15) is 14.9 Å². The molecule has 9 heteroatoms. The summed E-state index contributed by atoms with van der Waals surface area (Å²) >= 11 is 10.8. The van der Waals surface area contributed by atoms with Crippen LogP contribution in [0.1, 0.15) is 5.56 Å². The van der Waals surface area contributed by atoms with Crippen molar-refractivity contribution in [3.63, 3.8) is 0 Å². The van der Waals surface area contributed by atoms with Crippen LogP contribution in [0.3, 0.4) is 0 Å². The molecule has 2 rings (SSSR count). The standard InChI is InChI=1S/C11H9ClN4O3S/c1-19-7-3-2-6(9(12)10(7)18)4-14-16-8(17)5-13-15-11(16)20/h2-5,18H,1H3,(H,15,20)/b14-4-. The number of hydrogen-bond acceptors (Lipinski definition) is 6. The van der Waals surface area contributed by atoms with Crippen molar-refractivity contribution in [3.05, 3.63) is 44.0 Å². The van der Waals surface area contributed by atoms with Crippen LogP contribution < -0.4 is 10.3 Å². The lowest BCUT2D eigenvalue weighted by atomic mass is 10.2. The van der Waals surface area contributed by atoms with Gasteiger partial charge in [-0.3, -0.25) is 9.89 Å². The summed E-state index contributed by atoms with van der Waals surface area (Å²) < 4.78 is 5.91. The smallest absolute Gasteiger partial charge is 0.293 e. The van der Waals surface area contributed by atoms with Crippen LogP contribution in [0, 0.1) is 4.77 Å². The van der Waals surface area contributed by atoms with E-state index in [1.165, 1.54) is 19.4 Å². The minimum absolute atomic E-state index is 0.0441. The van der Waals surface area contributed by atoms with Gasteiger partial charge >= 0.3 is 0 Å². The number of rotatable bonds is 3. The molecule has 0 amide bonds. The van der Waals surface area contributed by atoms with Crippen LogP contribution in [0.2, 0.25) is 5.02 Å². The van der Waals surface area contributed by atoms with E-state index in [9.17, 15) is 9.90 Å². The zero-order valence-corrected chi connectivity index (χ0v) is 11.8. The molecule has 1 aromatic heterocycles. The summed E-state index contributed by atoms with van der Waals surface area (Å²) in [4.78, 5) is 11.5. The molecule has 0 aliphatic carbocycles. The van der Waals surface area contributed by atoms with Crippen LogP contribution in [-0.4, -0.2) is 33.3 Å². The largest absolute Gasteiger partial charge is 0.503 e. The molecule has 0 atom stereocenters. The van der Waals surface area contributed by atoms with Crippen molar-refractivity contribution in [3.8, 4) is 11.5 Å². The first-order chi connectivity index (χ1) is 9.54. The second kappa shape index (κ2) is 5.85. The summed E-state index contributed by atoms with van der Waals surface area (Å²) in [6.45, 7) is 0. The van der Waals surface area contributed by atoms with Crippen LogP contribution in [-0.2, 0) is 0 Å². The zero-order chi connectivity index (χ0) is 14.7. The number of methoxy groups -OCH3 is 1. The molecular weight excluding hydrogens is 304 g/mol. The van der Waals surface area contributed by atoms with E-state index in [1.807, 2.05) is 0 Å². The number of halogens is 1. The Balaban J connectivity index is 2.45. The third-order valence-electron chi connectivity index (χ3n) is 2.38. The van der Waals surface area contributed by atoms with Gasteiger partial charge in [0, 0.05) is 5.56 Å². The van der Waals surface area contributed by atoms with E-state index in [0.717, 1.165) is 10.9 Å². The number of hydrogen-bond donors (Lipinski definition) is 2. The Kier molecular flexibility index (Phi) is 4.16. The second-order valence-electron chi connectivity index (χ2n) is 3.59. The minimum atomic E-state index is -0.487. The molecule has 0 aliphatic heterocycles. The number of nitrogens with zero attached hydrogens (tertiary/aromatic N) is 3. The molecule has 2 aromatic rings. The van der Waals surface area contributed by atoms with E-state index in [2.05, 4.69) is 15.3 Å². The second-order valence-corrected chi connectivity index (χ2v) is 4.35. The number of phenols is 1. The van der Waals surface area contributed by atoms with Crippen molar-refractivity contribution >= 4 is 30.0 Å². The molecule has 0 saturated carbocycles. The number of aromatic nitrogens is 3. The molecular formula is C11H9ClN4O3S. The van der Waals surface area contributed by atoms with E-state index in [-0.39, 0.29) is 21.3 Å². The highest BCUT2D eigenvalue weighted by Crippen LogP contribution is 2.35. The quantitative estimate of drug-likeness (QED) is 0.662. The van der Waals surface area contributed by atoms with Gasteiger partial charge in [-0.1, -0.05) is 11.6 Å². The van der Waals surface area contributed by atoms with Crippen LogP contribution in [0.5, 0.6) is 11.5 Å². The Morgan fingerprint density at radius 1 is 1.60 bits per heavy atom. The van der Waals surface area contributed by atoms with Gasteiger partial charge in [-0.05, 0) is 24.4 Å². The molecule has 1 heterocycles. The normalized spacial score (nSPS) is 10.9. The lowest BCUT2D eigenvalue weighted by molar-refractivity contribution is 0.373. The van der Waals surface area contributed by atoms with E-state index >= 15 is 0 Å². The van der Waals surface area contributed by atoms with Crippen LogP contribution in [0.25, 0.3) is 0 Å². The Hall–Kier alpha value is -2.19. The van der Waals surface area contributed by atoms with Gasteiger partial charge in [0.25, 0.3) is 5.56 Å². The number of phenolic OH excluding ortho intramolecular Hbond substituents is 1. The molecule has 20 heavy (non-hydrogen) atoms. The highest BCUT2D eigenvalue weighted by molar-refractivity contribution is 7.71. The van der Waals surface area contributed by atoms with E-state index in [0.29, 0.717) is 5.56 Å². The predicted octanol–water partition coefficient (Wildman–Crippen LogP) is 1.55. The average molecular weight is 313 g/mol. The Morgan fingerprint density at radius 2 is 2.35 bits per heavy atom. The molecule has 7 nitrogen and oxygen atoms in total. The third-order valence-corrected chi connectivity index (χ3v) is 3.04. The fraction of sp³-hybridized carbons (Fsp3) is 0.0909. The van der Waals surface area contributed by atoms with Crippen molar-refractivity contribution in [2.45, 2.75) is 0 Å². The fourth-order valence-corrected chi connectivity index (χ4v) is 1.80. The third kappa shape index (κ3) is 2.70. The maximum absolute atomic E-state index is 11.5. The van der Waals surface area contributed by atoms with E-state index in [4.69, 9.17) is 28.6 Å². The first kappa shape index (κ1) is 14.2. The van der Waals surface area contributed by atoms with Gasteiger partial charge in [0.15, 0.2) is 11.5 Å².